The first-order chi connectivity index (χ1) is 14.3. The second-order valence-electron chi connectivity index (χ2n) is 7.70. The van der Waals surface area contributed by atoms with Crippen LogP contribution in [0, 0.1) is 0 Å². The van der Waals surface area contributed by atoms with E-state index in [0.717, 1.165) is 10.4 Å². The zero-order valence-corrected chi connectivity index (χ0v) is 18.9. The van der Waals surface area contributed by atoms with Gasteiger partial charge in [-0.3, -0.25) is 14.2 Å². The van der Waals surface area contributed by atoms with Crippen LogP contribution in [0.4, 0.5) is 5.69 Å². The SMILES string of the molecule is COc1ccccc1NC(=O)CSc1nc2sc3c(c2c(=O)n1C)CC(C)(C)OC3. The lowest BCUT2D eigenvalue weighted by Gasteiger charge is -2.29. The lowest BCUT2D eigenvalue weighted by atomic mass is 9.94. The third-order valence-corrected chi connectivity index (χ3v) is 7.11. The zero-order valence-electron chi connectivity index (χ0n) is 17.3. The number of aromatic nitrogens is 2. The van der Waals surface area contributed by atoms with E-state index in [1.165, 1.54) is 27.7 Å². The van der Waals surface area contributed by atoms with Gasteiger partial charge in [0.1, 0.15) is 10.6 Å². The Kier molecular flexibility index (Phi) is 5.61. The van der Waals surface area contributed by atoms with Crippen LogP contribution in [0.15, 0.2) is 34.2 Å². The molecule has 1 N–H and O–H groups in total. The highest BCUT2D eigenvalue weighted by atomic mass is 32.2. The van der Waals surface area contributed by atoms with Gasteiger partial charge in [0.05, 0.1) is 36.1 Å². The van der Waals surface area contributed by atoms with Crippen molar-refractivity contribution < 1.29 is 14.3 Å². The summed E-state index contributed by atoms with van der Waals surface area (Å²) in [6.45, 7) is 4.56. The molecular weight excluding hydrogens is 422 g/mol. The van der Waals surface area contributed by atoms with E-state index in [1.54, 1.807) is 26.3 Å². The van der Waals surface area contributed by atoms with Crippen molar-refractivity contribution in [2.24, 2.45) is 7.05 Å². The molecule has 158 valence electrons. The second kappa shape index (κ2) is 8.05. The fraction of sp³-hybridized carbons (Fsp3) is 0.381. The summed E-state index contributed by atoms with van der Waals surface area (Å²) in [5, 5.41) is 4.03. The number of thiophene rings is 1. The predicted molar refractivity (Wildman–Crippen MR) is 120 cm³/mol. The summed E-state index contributed by atoms with van der Waals surface area (Å²) in [4.78, 5) is 31.9. The van der Waals surface area contributed by atoms with E-state index in [1.807, 2.05) is 26.0 Å². The quantitative estimate of drug-likeness (QED) is 0.477. The van der Waals surface area contributed by atoms with Crippen LogP contribution < -0.4 is 15.6 Å². The first-order valence-corrected chi connectivity index (χ1v) is 11.3. The molecule has 0 saturated carbocycles. The highest BCUT2D eigenvalue weighted by Gasteiger charge is 2.31. The maximum atomic E-state index is 13.1. The van der Waals surface area contributed by atoms with E-state index >= 15 is 0 Å². The fourth-order valence-electron chi connectivity index (χ4n) is 3.45. The van der Waals surface area contributed by atoms with E-state index in [0.29, 0.717) is 39.8 Å². The van der Waals surface area contributed by atoms with Crippen molar-refractivity contribution in [3.05, 3.63) is 45.1 Å². The molecule has 0 atom stereocenters. The number of methoxy groups -OCH3 is 1. The molecule has 1 aromatic carbocycles. The van der Waals surface area contributed by atoms with Crippen LogP contribution in [0.3, 0.4) is 0 Å². The Morgan fingerprint density at radius 2 is 2.17 bits per heavy atom. The number of hydrogen-bond acceptors (Lipinski definition) is 7. The number of amides is 1. The van der Waals surface area contributed by atoms with Crippen molar-refractivity contribution in [3.8, 4) is 5.75 Å². The zero-order chi connectivity index (χ0) is 21.5. The van der Waals surface area contributed by atoms with Crippen LogP contribution in [0.1, 0.15) is 24.3 Å². The largest absolute Gasteiger partial charge is 0.495 e. The van der Waals surface area contributed by atoms with Crippen LogP contribution in [-0.2, 0) is 29.6 Å². The summed E-state index contributed by atoms with van der Waals surface area (Å²) in [7, 11) is 3.26. The normalized spacial score (nSPS) is 15.1. The number of carbonyl (C=O) groups is 1. The van der Waals surface area contributed by atoms with Crippen LogP contribution in [0.2, 0.25) is 0 Å². The molecule has 1 aliphatic heterocycles. The molecule has 7 nitrogen and oxygen atoms in total. The third-order valence-electron chi connectivity index (χ3n) is 4.98. The molecular formula is C21H23N3O4S2. The van der Waals surface area contributed by atoms with E-state index in [2.05, 4.69) is 10.3 Å². The summed E-state index contributed by atoms with van der Waals surface area (Å²) in [6, 6.07) is 7.23. The Morgan fingerprint density at radius 1 is 1.40 bits per heavy atom. The van der Waals surface area contributed by atoms with Crippen molar-refractivity contribution in [1.82, 2.24) is 9.55 Å². The van der Waals surface area contributed by atoms with Gasteiger partial charge < -0.3 is 14.8 Å². The summed E-state index contributed by atoms with van der Waals surface area (Å²) in [5.41, 5.74) is 1.28. The number of rotatable bonds is 5. The van der Waals surface area contributed by atoms with Gasteiger partial charge >= 0.3 is 0 Å². The molecule has 0 spiro atoms. The highest BCUT2D eigenvalue weighted by Crippen LogP contribution is 2.37. The van der Waals surface area contributed by atoms with Crippen LogP contribution in [-0.4, -0.2) is 33.9 Å². The van der Waals surface area contributed by atoms with Crippen molar-refractivity contribution in [3.63, 3.8) is 0 Å². The second-order valence-corrected chi connectivity index (χ2v) is 9.73. The molecule has 0 unspecified atom stereocenters. The maximum absolute atomic E-state index is 13.1. The van der Waals surface area contributed by atoms with Crippen molar-refractivity contribution in [2.75, 3.05) is 18.2 Å². The number of carbonyl (C=O) groups excluding carboxylic acids is 1. The molecule has 0 saturated heterocycles. The molecule has 3 heterocycles. The molecule has 30 heavy (non-hydrogen) atoms. The van der Waals surface area contributed by atoms with Gasteiger partial charge in [-0.1, -0.05) is 23.9 Å². The average Bonchev–Trinajstić information content (AvgIpc) is 3.06. The number of hydrogen-bond donors (Lipinski definition) is 1. The van der Waals surface area contributed by atoms with Gasteiger partial charge in [-0.2, -0.15) is 0 Å². The molecule has 1 amide bonds. The van der Waals surface area contributed by atoms with Gasteiger partial charge in [0, 0.05) is 18.3 Å². The highest BCUT2D eigenvalue weighted by molar-refractivity contribution is 7.99. The van der Waals surface area contributed by atoms with Crippen molar-refractivity contribution in [2.45, 2.75) is 37.6 Å². The van der Waals surface area contributed by atoms with Gasteiger partial charge in [-0.25, -0.2) is 4.98 Å². The smallest absolute Gasteiger partial charge is 0.262 e. The first kappa shape index (κ1) is 20.9. The molecule has 9 heteroatoms. The number of para-hydroxylation sites is 2. The van der Waals surface area contributed by atoms with Crippen molar-refractivity contribution >= 4 is 44.9 Å². The molecule has 4 rings (SSSR count). The monoisotopic (exact) mass is 445 g/mol. The number of fused-ring (bicyclic) bond motifs is 3. The first-order valence-electron chi connectivity index (χ1n) is 9.50. The van der Waals surface area contributed by atoms with Crippen LogP contribution >= 0.6 is 23.1 Å². The summed E-state index contributed by atoms with van der Waals surface area (Å²) < 4.78 is 12.7. The number of thioether (sulfide) groups is 1. The minimum Gasteiger partial charge on any atom is -0.495 e. The Bertz CT molecular complexity index is 1180. The van der Waals surface area contributed by atoms with Gasteiger partial charge in [0.15, 0.2) is 5.16 Å². The van der Waals surface area contributed by atoms with E-state index in [9.17, 15) is 9.59 Å². The fourth-order valence-corrected chi connectivity index (χ4v) is 5.36. The Labute approximate surface area is 182 Å². The topological polar surface area (TPSA) is 82.5 Å². The summed E-state index contributed by atoms with van der Waals surface area (Å²) >= 11 is 2.74. The van der Waals surface area contributed by atoms with Gasteiger partial charge in [-0.05, 0) is 31.5 Å². The maximum Gasteiger partial charge on any atom is 0.262 e. The minimum absolute atomic E-state index is 0.0807. The molecule has 2 aromatic heterocycles. The predicted octanol–water partition coefficient (Wildman–Crippen LogP) is 3.59. The van der Waals surface area contributed by atoms with Crippen LogP contribution in [0.25, 0.3) is 10.2 Å². The number of anilines is 1. The van der Waals surface area contributed by atoms with Crippen LogP contribution in [0.5, 0.6) is 5.75 Å². The molecule has 0 aliphatic carbocycles. The standard InChI is InChI=1S/C21H23N3O4S2/c1-21(2)9-12-15(10-28-21)30-18-17(12)19(26)24(3)20(23-18)29-11-16(25)22-13-7-5-6-8-14(13)27-4/h5-8H,9-11H2,1-4H3,(H,22,25). The Balaban J connectivity index is 1.56. The molecule has 0 fully saturated rings. The molecule has 3 aromatic rings. The number of ether oxygens (including phenoxy) is 2. The van der Waals surface area contributed by atoms with Crippen molar-refractivity contribution in [1.29, 1.82) is 0 Å². The molecule has 0 bridgehead atoms. The lowest BCUT2D eigenvalue weighted by Crippen LogP contribution is -2.32. The van der Waals surface area contributed by atoms with E-state index < -0.39 is 0 Å². The summed E-state index contributed by atoms with van der Waals surface area (Å²) in [5.74, 6) is 0.530. The number of benzene rings is 1. The van der Waals surface area contributed by atoms with Gasteiger partial charge in [0.2, 0.25) is 5.91 Å². The molecule has 0 radical (unpaired) electrons. The minimum atomic E-state index is -0.296. The Hall–Kier alpha value is -2.36. The van der Waals surface area contributed by atoms with E-state index in [-0.39, 0.29) is 22.8 Å². The Morgan fingerprint density at radius 3 is 2.93 bits per heavy atom. The summed E-state index contributed by atoms with van der Waals surface area (Å²) in [6.07, 6.45) is 0.688. The third kappa shape index (κ3) is 3.97. The average molecular weight is 446 g/mol. The lowest BCUT2D eigenvalue weighted by molar-refractivity contribution is -0.113. The van der Waals surface area contributed by atoms with Gasteiger partial charge in [0.25, 0.3) is 5.56 Å². The van der Waals surface area contributed by atoms with Gasteiger partial charge in [-0.15, -0.1) is 11.3 Å². The number of nitrogens with zero attached hydrogens (tertiary/aromatic N) is 2. The number of nitrogens with one attached hydrogen (secondary N) is 1. The van der Waals surface area contributed by atoms with E-state index in [4.69, 9.17) is 9.47 Å². The molecule has 1 aliphatic rings.